The van der Waals surface area contributed by atoms with Gasteiger partial charge in [0.25, 0.3) is 0 Å². The second-order valence-corrected chi connectivity index (χ2v) is 7.82. The number of aromatic nitrogens is 2. The quantitative estimate of drug-likeness (QED) is 0.467. The molecule has 4 aromatic rings. The maximum absolute atomic E-state index is 9.74. The van der Waals surface area contributed by atoms with Gasteiger partial charge in [-0.2, -0.15) is 0 Å². The van der Waals surface area contributed by atoms with Crippen molar-refractivity contribution in [3.05, 3.63) is 96.1 Å². The number of fused-ring (bicyclic) bond motifs is 2. The number of phenols is 1. The number of hydrogen-bond acceptors (Lipinski definition) is 4. The van der Waals surface area contributed by atoms with E-state index in [4.69, 9.17) is 0 Å². The Morgan fingerprint density at radius 1 is 0.724 bits per heavy atom. The summed E-state index contributed by atoms with van der Waals surface area (Å²) in [6.45, 7) is 4.53. The predicted molar refractivity (Wildman–Crippen MR) is 116 cm³/mol. The van der Waals surface area contributed by atoms with Crippen molar-refractivity contribution in [3.63, 3.8) is 0 Å². The maximum Gasteiger partial charge on any atom is 0.160 e. The third kappa shape index (κ3) is 2.76. The molecule has 0 saturated heterocycles. The number of anilines is 3. The second-order valence-electron chi connectivity index (χ2n) is 7.82. The summed E-state index contributed by atoms with van der Waals surface area (Å²) < 4.78 is 0. The molecule has 2 heterocycles. The van der Waals surface area contributed by atoms with Crippen LogP contribution in [0.15, 0.2) is 84.9 Å². The highest BCUT2D eigenvalue weighted by Crippen LogP contribution is 2.51. The minimum Gasteiger partial charge on any atom is -0.508 e. The van der Waals surface area contributed by atoms with E-state index in [1.807, 2.05) is 18.2 Å². The summed E-state index contributed by atoms with van der Waals surface area (Å²) in [5, 5.41) is 18.7. The molecule has 3 aromatic carbocycles. The summed E-state index contributed by atoms with van der Waals surface area (Å²) in [6.07, 6.45) is 0. The van der Waals surface area contributed by atoms with Crippen LogP contribution in [0.3, 0.4) is 0 Å². The van der Waals surface area contributed by atoms with Gasteiger partial charge in [0.1, 0.15) is 5.75 Å². The van der Waals surface area contributed by atoms with Crippen LogP contribution in [0.2, 0.25) is 0 Å². The van der Waals surface area contributed by atoms with Crippen LogP contribution in [0.1, 0.15) is 25.0 Å². The number of phenolic OH excluding ortho intramolecular Hbond substituents is 1. The van der Waals surface area contributed by atoms with Crippen molar-refractivity contribution in [1.82, 2.24) is 10.2 Å². The first-order chi connectivity index (χ1) is 14.1. The van der Waals surface area contributed by atoms with Gasteiger partial charge in [-0.1, -0.05) is 62.4 Å². The molecule has 0 unspecified atom stereocenters. The number of para-hydroxylation sites is 2. The topological polar surface area (TPSA) is 49.2 Å². The van der Waals surface area contributed by atoms with Gasteiger partial charge in [0.05, 0.1) is 17.1 Å². The predicted octanol–water partition coefficient (Wildman–Crippen LogP) is 5.96. The first kappa shape index (κ1) is 17.4. The van der Waals surface area contributed by atoms with E-state index in [0.29, 0.717) is 0 Å². The zero-order chi connectivity index (χ0) is 20.0. The Bertz CT molecular complexity index is 1150. The van der Waals surface area contributed by atoms with Crippen LogP contribution in [0.5, 0.6) is 5.75 Å². The minimum atomic E-state index is -0.0986. The third-order valence-corrected chi connectivity index (χ3v) is 5.66. The van der Waals surface area contributed by atoms with Gasteiger partial charge >= 0.3 is 0 Å². The van der Waals surface area contributed by atoms with Gasteiger partial charge in [0, 0.05) is 11.0 Å². The average Bonchev–Trinajstić information content (AvgIpc) is 2.75. The van der Waals surface area contributed by atoms with E-state index in [1.165, 1.54) is 11.1 Å². The Morgan fingerprint density at radius 2 is 1.38 bits per heavy atom. The maximum atomic E-state index is 9.74. The molecule has 0 fully saturated rings. The van der Waals surface area contributed by atoms with Crippen LogP contribution in [-0.2, 0) is 5.41 Å². The standard InChI is InChI=1S/C25H21N3O/c1-25(2)19-10-3-5-12-22(19)28(23-13-6-4-11-20(23)25)24-15-14-21(26-27-24)17-8-7-9-18(29)16-17/h3-16,29H,1-2H3. The number of aromatic hydroxyl groups is 1. The monoisotopic (exact) mass is 379 g/mol. The van der Waals surface area contributed by atoms with E-state index < -0.39 is 0 Å². The molecule has 0 amide bonds. The number of rotatable bonds is 2. The van der Waals surface area contributed by atoms with Gasteiger partial charge in [-0.15, -0.1) is 10.2 Å². The Balaban J connectivity index is 1.65. The fraction of sp³-hybridized carbons (Fsp3) is 0.120. The van der Waals surface area contributed by atoms with Crippen LogP contribution < -0.4 is 4.90 Å². The van der Waals surface area contributed by atoms with E-state index in [0.717, 1.165) is 28.5 Å². The molecule has 1 aliphatic heterocycles. The van der Waals surface area contributed by atoms with Crippen molar-refractivity contribution in [2.45, 2.75) is 19.3 Å². The number of nitrogens with zero attached hydrogens (tertiary/aromatic N) is 3. The van der Waals surface area contributed by atoms with Gasteiger partial charge in [-0.25, -0.2) is 0 Å². The Hall–Kier alpha value is -3.66. The fourth-order valence-corrected chi connectivity index (χ4v) is 4.18. The Morgan fingerprint density at radius 3 is 1.97 bits per heavy atom. The van der Waals surface area contributed by atoms with Gasteiger partial charge in [-0.3, -0.25) is 4.90 Å². The van der Waals surface area contributed by atoms with E-state index in [2.05, 4.69) is 77.5 Å². The molecule has 5 rings (SSSR count). The highest BCUT2D eigenvalue weighted by molar-refractivity contribution is 5.84. The molecule has 142 valence electrons. The second kappa shape index (κ2) is 6.45. The first-order valence-electron chi connectivity index (χ1n) is 9.68. The normalized spacial score (nSPS) is 14.2. The molecule has 4 heteroatoms. The smallest absolute Gasteiger partial charge is 0.160 e. The highest BCUT2D eigenvalue weighted by Gasteiger charge is 2.36. The molecular weight excluding hydrogens is 358 g/mol. The first-order valence-corrected chi connectivity index (χ1v) is 9.68. The van der Waals surface area contributed by atoms with Gasteiger partial charge < -0.3 is 5.11 Å². The lowest BCUT2D eigenvalue weighted by Gasteiger charge is -2.41. The lowest BCUT2D eigenvalue weighted by Crippen LogP contribution is -2.30. The lowest BCUT2D eigenvalue weighted by atomic mass is 9.73. The summed E-state index contributed by atoms with van der Waals surface area (Å²) in [5.41, 5.74) is 6.23. The van der Waals surface area contributed by atoms with Gasteiger partial charge in [0.2, 0.25) is 0 Å². The van der Waals surface area contributed by atoms with Crippen LogP contribution in [-0.4, -0.2) is 15.3 Å². The average molecular weight is 379 g/mol. The molecule has 4 nitrogen and oxygen atoms in total. The zero-order valence-corrected chi connectivity index (χ0v) is 16.4. The van der Waals surface area contributed by atoms with E-state index in [-0.39, 0.29) is 11.2 Å². The van der Waals surface area contributed by atoms with Gasteiger partial charge in [0.15, 0.2) is 5.82 Å². The molecule has 1 aliphatic rings. The molecule has 0 spiro atoms. The van der Waals surface area contributed by atoms with Crippen LogP contribution in [0.25, 0.3) is 11.3 Å². The van der Waals surface area contributed by atoms with Crippen molar-refractivity contribution < 1.29 is 5.11 Å². The summed E-state index contributed by atoms with van der Waals surface area (Å²) in [4.78, 5) is 2.18. The van der Waals surface area contributed by atoms with E-state index in [9.17, 15) is 5.11 Å². The highest BCUT2D eigenvalue weighted by atomic mass is 16.3. The largest absolute Gasteiger partial charge is 0.508 e. The molecule has 0 radical (unpaired) electrons. The molecule has 1 aromatic heterocycles. The zero-order valence-electron chi connectivity index (χ0n) is 16.4. The molecular formula is C25H21N3O. The molecule has 0 bridgehead atoms. The van der Waals surface area contributed by atoms with E-state index >= 15 is 0 Å². The van der Waals surface area contributed by atoms with Crippen molar-refractivity contribution >= 4 is 17.2 Å². The van der Waals surface area contributed by atoms with Crippen LogP contribution >= 0.6 is 0 Å². The van der Waals surface area contributed by atoms with E-state index in [1.54, 1.807) is 18.2 Å². The van der Waals surface area contributed by atoms with Crippen LogP contribution in [0, 0.1) is 0 Å². The Labute approximate surface area is 170 Å². The number of benzene rings is 3. The Kier molecular flexibility index (Phi) is 3.88. The van der Waals surface area contributed by atoms with Crippen molar-refractivity contribution in [2.24, 2.45) is 0 Å². The van der Waals surface area contributed by atoms with Crippen molar-refractivity contribution in [3.8, 4) is 17.0 Å². The fourth-order valence-electron chi connectivity index (χ4n) is 4.18. The summed E-state index contributed by atoms with van der Waals surface area (Å²) >= 11 is 0. The van der Waals surface area contributed by atoms with Crippen molar-refractivity contribution in [1.29, 1.82) is 0 Å². The molecule has 0 atom stereocenters. The summed E-state index contributed by atoms with van der Waals surface area (Å²) in [5.74, 6) is 0.985. The molecule has 0 aliphatic carbocycles. The minimum absolute atomic E-state index is 0.0986. The SMILES string of the molecule is CC1(C)c2ccccc2N(c2ccc(-c3cccc(O)c3)nn2)c2ccccc21. The summed E-state index contributed by atoms with van der Waals surface area (Å²) in [7, 11) is 0. The lowest BCUT2D eigenvalue weighted by molar-refractivity contribution is 0.475. The number of hydrogen-bond donors (Lipinski definition) is 1. The summed E-state index contributed by atoms with van der Waals surface area (Å²) in [6, 6.07) is 27.9. The molecule has 29 heavy (non-hydrogen) atoms. The molecule has 0 saturated carbocycles. The van der Waals surface area contributed by atoms with Crippen LogP contribution in [0.4, 0.5) is 17.2 Å². The molecule has 1 N–H and O–H groups in total. The van der Waals surface area contributed by atoms with Gasteiger partial charge in [-0.05, 0) is 47.5 Å². The van der Waals surface area contributed by atoms with Crippen molar-refractivity contribution in [2.75, 3.05) is 4.90 Å². The third-order valence-electron chi connectivity index (χ3n) is 5.66.